The van der Waals surface area contributed by atoms with Crippen molar-refractivity contribution in [2.24, 2.45) is 28.6 Å². The number of carbonyl (C=O) groups excluding carboxylic acids is 1. The van der Waals surface area contributed by atoms with E-state index >= 15 is 0 Å². The summed E-state index contributed by atoms with van der Waals surface area (Å²) >= 11 is 0. The third-order valence-electron chi connectivity index (χ3n) is 4.96. The van der Waals surface area contributed by atoms with Crippen molar-refractivity contribution in [3.63, 3.8) is 0 Å². The van der Waals surface area contributed by atoms with Gasteiger partial charge in [0.1, 0.15) is 5.78 Å². The highest BCUT2D eigenvalue weighted by molar-refractivity contribution is 5.93. The molecule has 3 aliphatic rings. The van der Waals surface area contributed by atoms with Gasteiger partial charge in [0.15, 0.2) is 0 Å². The molecule has 12 heavy (non-hydrogen) atoms. The molecule has 0 N–H and O–H groups in total. The first-order chi connectivity index (χ1) is 5.48. The van der Waals surface area contributed by atoms with Crippen molar-refractivity contribution in [1.29, 1.82) is 0 Å². The van der Waals surface area contributed by atoms with E-state index in [-0.39, 0.29) is 5.41 Å². The quantitative estimate of drug-likeness (QED) is 0.536. The van der Waals surface area contributed by atoms with Gasteiger partial charge in [0, 0.05) is 11.3 Å². The monoisotopic (exact) mass is 164 g/mol. The molecule has 0 spiro atoms. The van der Waals surface area contributed by atoms with Crippen molar-refractivity contribution in [2.75, 3.05) is 0 Å². The van der Waals surface area contributed by atoms with Crippen molar-refractivity contribution >= 4 is 5.78 Å². The van der Waals surface area contributed by atoms with Gasteiger partial charge in [-0.1, -0.05) is 20.8 Å². The van der Waals surface area contributed by atoms with Crippen LogP contribution in [0.4, 0.5) is 0 Å². The highest BCUT2D eigenvalue weighted by atomic mass is 16.1. The molecule has 66 valence electrons. The van der Waals surface area contributed by atoms with E-state index in [1.54, 1.807) is 0 Å². The van der Waals surface area contributed by atoms with Gasteiger partial charge in [-0.25, -0.2) is 0 Å². The molecule has 3 aliphatic carbocycles. The molecule has 0 aromatic heterocycles. The minimum Gasteiger partial charge on any atom is -0.299 e. The Hall–Kier alpha value is -0.330. The Morgan fingerprint density at radius 2 is 2.00 bits per heavy atom. The number of rotatable bonds is 0. The van der Waals surface area contributed by atoms with E-state index in [0.29, 0.717) is 17.1 Å². The lowest BCUT2D eigenvalue weighted by atomic mass is 9.51. The first kappa shape index (κ1) is 7.11. The number of hydrogen-bond acceptors (Lipinski definition) is 1. The lowest BCUT2D eigenvalue weighted by Crippen LogP contribution is -2.50. The van der Waals surface area contributed by atoms with Crippen molar-refractivity contribution in [1.82, 2.24) is 0 Å². The Balaban J connectivity index is 2.16. The maximum atomic E-state index is 11.9. The summed E-state index contributed by atoms with van der Waals surface area (Å²) in [6.07, 6.45) is 2.39. The average molecular weight is 164 g/mol. The fourth-order valence-corrected chi connectivity index (χ4v) is 4.72. The van der Waals surface area contributed by atoms with Crippen LogP contribution in [0.3, 0.4) is 0 Å². The van der Waals surface area contributed by atoms with Gasteiger partial charge in [-0.05, 0) is 30.1 Å². The van der Waals surface area contributed by atoms with Crippen LogP contribution in [0.15, 0.2) is 0 Å². The van der Waals surface area contributed by atoms with E-state index in [2.05, 4.69) is 20.8 Å². The van der Waals surface area contributed by atoms with Gasteiger partial charge in [0.25, 0.3) is 0 Å². The standard InChI is InChI=1S/C11H16O/c1-10(2)7-4-6-5-11(3,8(6)10)9(7)12/h6-8H,4-5H2,1-3H3/t6-,7+,8+,11+/m0/s1. The number of fused-ring (bicyclic) bond motifs is 1. The van der Waals surface area contributed by atoms with Crippen molar-refractivity contribution < 1.29 is 4.79 Å². The summed E-state index contributed by atoms with van der Waals surface area (Å²) in [5, 5.41) is 0. The van der Waals surface area contributed by atoms with Crippen LogP contribution in [-0.4, -0.2) is 5.78 Å². The first-order valence-corrected chi connectivity index (χ1v) is 5.02. The summed E-state index contributed by atoms with van der Waals surface area (Å²) in [5.41, 5.74) is 0.436. The lowest BCUT2D eigenvalue weighted by Gasteiger charge is -2.51. The number of hydrogen-bond donors (Lipinski definition) is 0. The molecule has 0 aromatic rings. The molecule has 3 rings (SSSR count). The van der Waals surface area contributed by atoms with Crippen LogP contribution in [0.25, 0.3) is 0 Å². The van der Waals surface area contributed by atoms with E-state index in [0.717, 1.165) is 11.8 Å². The molecule has 4 atom stereocenters. The van der Waals surface area contributed by atoms with Crippen LogP contribution in [0.1, 0.15) is 33.6 Å². The zero-order chi connectivity index (χ0) is 8.72. The summed E-state index contributed by atoms with van der Waals surface area (Å²) in [5.74, 6) is 2.61. The number of ketones is 1. The third-order valence-corrected chi connectivity index (χ3v) is 4.96. The largest absolute Gasteiger partial charge is 0.299 e. The van der Waals surface area contributed by atoms with Gasteiger partial charge < -0.3 is 0 Å². The highest BCUT2D eigenvalue weighted by Crippen LogP contribution is 2.75. The zero-order valence-corrected chi connectivity index (χ0v) is 8.05. The van der Waals surface area contributed by atoms with Crippen LogP contribution in [-0.2, 0) is 4.79 Å². The fourth-order valence-electron chi connectivity index (χ4n) is 4.72. The normalized spacial score (nSPS) is 58.9. The summed E-state index contributed by atoms with van der Waals surface area (Å²) in [7, 11) is 0. The van der Waals surface area contributed by atoms with Crippen LogP contribution in [0, 0.1) is 28.6 Å². The zero-order valence-electron chi connectivity index (χ0n) is 8.05. The Bertz CT molecular complexity index is 279. The van der Waals surface area contributed by atoms with Crippen LogP contribution in [0.5, 0.6) is 0 Å². The summed E-state index contributed by atoms with van der Waals surface area (Å²) in [4.78, 5) is 11.9. The Kier molecular flexibility index (Phi) is 0.897. The number of Topliss-reactive ketones (excluding diaryl/α,β-unsaturated/α-hetero) is 1. The van der Waals surface area contributed by atoms with Gasteiger partial charge in [0.05, 0.1) is 0 Å². The van der Waals surface area contributed by atoms with E-state index in [9.17, 15) is 4.79 Å². The summed E-state index contributed by atoms with van der Waals surface area (Å²) < 4.78 is 0. The van der Waals surface area contributed by atoms with Crippen molar-refractivity contribution in [3.05, 3.63) is 0 Å². The van der Waals surface area contributed by atoms with Gasteiger partial charge in [-0.3, -0.25) is 4.79 Å². The Labute approximate surface area is 73.5 Å². The minimum absolute atomic E-state index is 0.108. The molecule has 0 radical (unpaired) electrons. The van der Waals surface area contributed by atoms with E-state index in [1.807, 2.05) is 0 Å². The van der Waals surface area contributed by atoms with E-state index in [1.165, 1.54) is 12.8 Å². The maximum Gasteiger partial charge on any atom is 0.142 e. The molecule has 3 fully saturated rings. The second kappa shape index (κ2) is 1.51. The second-order valence-corrected chi connectivity index (χ2v) is 5.83. The van der Waals surface area contributed by atoms with Gasteiger partial charge in [-0.2, -0.15) is 0 Å². The first-order valence-electron chi connectivity index (χ1n) is 5.02. The molecule has 0 heterocycles. The Morgan fingerprint density at radius 3 is 2.33 bits per heavy atom. The topological polar surface area (TPSA) is 17.1 Å². The third kappa shape index (κ3) is 0.439. The van der Waals surface area contributed by atoms with Crippen LogP contribution in [0.2, 0.25) is 0 Å². The molecule has 2 bridgehead atoms. The molecule has 0 amide bonds. The molecule has 0 saturated heterocycles. The van der Waals surface area contributed by atoms with Gasteiger partial charge in [0.2, 0.25) is 0 Å². The Morgan fingerprint density at radius 1 is 1.33 bits per heavy atom. The predicted molar refractivity (Wildman–Crippen MR) is 46.6 cm³/mol. The van der Waals surface area contributed by atoms with E-state index in [4.69, 9.17) is 0 Å². The van der Waals surface area contributed by atoms with Crippen molar-refractivity contribution in [2.45, 2.75) is 33.6 Å². The second-order valence-electron chi connectivity index (χ2n) is 5.83. The summed E-state index contributed by atoms with van der Waals surface area (Å²) in [6, 6.07) is 0. The molecular formula is C11H16O. The predicted octanol–water partition coefficient (Wildman–Crippen LogP) is 2.26. The van der Waals surface area contributed by atoms with Gasteiger partial charge in [-0.15, -0.1) is 0 Å². The van der Waals surface area contributed by atoms with E-state index < -0.39 is 0 Å². The average Bonchev–Trinajstić information content (AvgIpc) is 2.16. The minimum atomic E-state index is 0.108. The van der Waals surface area contributed by atoms with Crippen LogP contribution >= 0.6 is 0 Å². The number of carbonyl (C=O) groups is 1. The lowest BCUT2D eigenvalue weighted by molar-refractivity contribution is -0.144. The molecule has 0 aromatic carbocycles. The van der Waals surface area contributed by atoms with Crippen LogP contribution < -0.4 is 0 Å². The molecule has 1 nitrogen and oxygen atoms in total. The van der Waals surface area contributed by atoms with Crippen molar-refractivity contribution in [3.8, 4) is 0 Å². The fraction of sp³-hybridized carbons (Fsp3) is 0.909. The molecular weight excluding hydrogens is 148 g/mol. The maximum absolute atomic E-state index is 11.9. The van der Waals surface area contributed by atoms with Gasteiger partial charge >= 0.3 is 0 Å². The smallest absolute Gasteiger partial charge is 0.142 e. The molecule has 0 aliphatic heterocycles. The molecule has 0 unspecified atom stereocenters. The molecule has 1 heteroatoms. The highest BCUT2D eigenvalue weighted by Gasteiger charge is 2.74. The summed E-state index contributed by atoms with van der Waals surface area (Å²) in [6.45, 7) is 6.78. The molecule has 3 saturated carbocycles. The SMILES string of the molecule is CC1(C)[C@@H]2C[C@H]3C[C@@](C)(C2=O)[C@H]31.